The molecule has 0 radical (unpaired) electrons. The molecule has 0 aliphatic carbocycles. The summed E-state index contributed by atoms with van der Waals surface area (Å²) in [5.41, 5.74) is 3.46. The maximum Gasteiger partial charge on any atom is 0.410 e. The summed E-state index contributed by atoms with van der Waals surface area (Å²) in [6.45, 7) is 11.6. The summed E-state index contributed by atoms with van der Waals surface area (Å²) in [7, 11) is 0. The fourth-order valence-electron chi connectivity index (χ4n) is 3.31. The Kier molecular flexibility index (Phi) is 4.54. The Hall–Kier alpha value is -2.37. The normalized spacial score (nSPS) is 17.2. The highest BCUT2D eigenvalue weighted by molar-refractivity contribution is 5.69. The maximum atomic E-state index is 13.9. The Morgan fingerprint density at radius 3 is 2.46 bits per heavy atom. The molecular weight excluding hydrogens is 333 g/mol. The minimum Gasteiger partial charge on any atom is -0.444 e. The topological polar surface area (TPSA) is 47.4 Å². The molecule has 2 heterocycles. The van der Waals surface area contributed by atoms with Gasteiger partial charge in [0, 0.05) is 24.7 Å². The van der Waals surface area contributed by atoms with Crippen LogP contribution in [0.1, 0.15) is 56.1 Å². The Labute approximate surface area is 153 Å². The lowest BCUT2D eigenvalue weighted by atomic mass is 10.0. The van der Waals surface area contributed by atoms with Gasteiger partial charge in [-0.25, -0.2) is 13.9 Å². The summed E-state index contributed by atoms with van der Waals surface area (Å²) in [5.74, 6) is -0.185. The van der Waals surface area contributed by atoms with Crippen molar-refractivity contribution in [2.45, 2.75) is 59.6 Å². The van der Waals surface area contributed by atoms with Crippen LogP contribution < -0.4 is 0 Å². The van der Waals surface area contributed by atoms with Crippen molar-refractivity contribution < 1.29 is 13.9 Å². The summed E-state index contributed by atoms with van der Waals surface area (Å²) in [5, 5.41) is 4.67. The SMILES string of the molecule is Cc1cc(-n2cc3c(n2)CCN(C(=O)OC(C)(C)C)C3C)cc(C)c1F. The molecule has 0 bridgehead atoms. The van der Waals surface area contributed by atoms with Crippen LogP contribution in [-0.2, 0) is 11.2 Å². The zero-order valence-corrected chi connectivity index (χ0v) is 16.3. The molecule has 0 N–H and O–H groups in total. The molecule has 0 spiro atoms. The number of fused-ring (bicyclic) bond motifs is 1. The molecule has 5 nitrogen and oxygen atoms in total. The van der Waals surface area contributed by atoms with Gasteiger partial charge in [0.25, 0.3) is 0 Å². The first-order valence-corrected chi connectivity index (χ1v) is 8.92. The maximum absolute atomic E-state index is 13.9. The number of rotatable bonds is 1. The van der Waals surface area contributed by atoms with E-state index in [2.05, 4.69) is 5.10 Å². The van der Waals surface area contributed by atoms with E-state index in [0.717, 1.165) is 16.9 Å². The predicted molar refractivity (Wildman–Crippen MR) is 98.1 cm³/mol. The van der Waals surface area contributed by atoms with Gasteiger partial charge in [-0.1, -0.05) is 0 Å². The lowest BCUT2D eigenvalue weighted by Crippen LogP contribution is -2.41. The molecule has 3 rings (SSSR count). The van der Waals surface area contributed by atoms with E-state index in [0.29, 0.717) is 24.1 Å². The van der Waals surface area contributed by atoms with Crippen molar-refractivity contribution >= 4 is 6.09 Å². The summed E-state index contributed by atoms with van der Waals surface area (Å²) in [4.78, 5) is 14.2. The van der Waals surface area contributed by atoms with E-state index in [-0.39, 0.29) is 18.0 Å². The van der Waals surface area contributed by atoms with Crippen LogP contribution in [0.3, 0.4) is 0 Å². The highest BCUT2D eigenvalue weighted by Gasteiger charge is 2.33. The van der Waals surface area contributed by atoms with Gasteiger partial charge in [-0.05, 0) is 64.8 Å². The molecule has 2 aromatic rings. The van der Waals surface area contributed by atoms with Crippen molar-refractivity contribution in [1.82, 2.24) is 14.7 Å². The number of halogens is 1. The van der Waals surface area contributed by atoms with Crippen LogP contribution in [0.15, 0.2) is 18.3 Å². The van der Waals surface area contributed by atoms with Crippen LogP contribution in [0.4, 0.5) is 9.18 Å². The fourth-order valence-corrected chi connectivity index (χ4v) is 3.31. The molecular formula is C20H26FN3O2. The lowest BCUT2D eigenvalue weighted by Gasteiger charge is -2.34. The summed E-state index contributed by atoms with van der Waals surface area (Å²) >= 11 is 0. The number of ether oxygens (including phenoxy) is 1. The number of nitrogens with zero attached hydrogens (tertiary/aromatic N) is 3. The average molecular weight is 359 g/mol. The molecule has 0 saturated heterocycles. The van der Waals surface area contributed by atoms with Crippen molar-refractivity contribution in [3.8, 4) is 5.69 Å². The standard InChI is InChI=1S/C20H26FN3O2/c1-12-9-15(10-13(2)18(12)21)24-11-16-14(3)23(8-7-17(16)22-24)19(25)26-20(4,5)6/h9-11,14H,7-8H2,1-6H3. The first-order chi connectivity index (χ1) is 12.1. The molecule has 1 aliphatic heterocycles. The molecule has 140 valence electrons. The second-order valence-corrected chi connectivity index (χ2v) is 7.97. The Bertz CT molecular complexity index is 828. The molecule has 1 aromatic heterocycles. The quantitative estimate of drug-likeness (QED) is 0.754. The highest BCUT2D eigenvalue weighted by Crippen LogP contribution is 2.31. The monoisotopic (exact) mass is 359 g/mol. The largest absolute Gasteiger partial charge is 0.444 e. The average Bonchev–Trinajstić information content (AvgIpc) is 2.95. The predicted octanol–water partition coefficient (Wildman–Crippen LogP) is 4.48. The summed E-state index contributed by atoms with van der Waals surface area (Å²) in [6, 6.07) is 3.46. The van der Waals surface area contributed by atoms with E-state index >= 15 is 0 Å². The molecule has 1 aliphatic rings. The van der Waals surface area contributed by atoms with Gasteiger partial charge in [0.15, 0.2) is 0 Å². The number of carbonyl (C=O) groups excluding carboxylic acids is 1. The fraction of sp³-hybridized carbons (Fsp3) is 0.500. The minimum absolute atomic E-state index is 0.120. The van der Waals surface area contributed by atoms with Crippen molar-refractivity contribution in [2.24, 2.45) is 0 Å². The lowest BCUT2D eigenvalue weighted by molar-refractivity contribution is 0.0159. The molecule has 6 heteroatoms. The van der Waals surface area contributed by atoms with Gasteiger partial charge in [-0.15, -0.1) is 0 Å². The van der Waals surface area contributed by atoms with E-state index in [1.54, 1.807) is 35.6 Å². The molecule has 1 aromatic carbocycles. The van der Waals surface area contributed by atoms with E-state index < -0.39 is 5.60 Å². The van der Waals surface area contributed by atoms with Gasteiger partial charge < -0.3 is 9.64 Å². The second-order valence-electron chi connectivity index (χ2n) is 7.97. The van der Waals surface area contributed by atoms with Gasteiger partial charge >= 0.3 is 6.09 Å². The summed E-state index contributed by atoms with van der Waals surface area (Å²) < 4.78 is 21.2. The van der Waals surface area contributed by atoms with Crippen LogP contribution in [0, 0.1) is 19.7 Å². The third kappa shape index (κ3) is 3.45. The van der Waals surface area contributed by atoms with Gasteiger partial charge in [-0.2, -0.15) is 5.10 Å². The van der Waals surface area contributed by atoms with Gasteiger partial charge in [-0.3, -0.25) is 0 Å². The van der Waals surface area contributed by atoms with E-state index in [4.69, 9.17) is 4.74 Å². The first kappa shape index (κ1) is 18.4. The van der Waals surface area contributed by atoms with Crippen molar-refractivity contribution in [3.63, 3.8) is 0 Å². The Balaban J connectivity index is 1.90. The number of benzene rings is 1. The summed E-state index contributed by atoms with van der Waals surface area (Å²) in [6.07, 6.45) is 2.30. The number of aryl methyl sites for hydroxylation is 2. The zero-order chi connectivity index (χ0) is 19.2. The smallest absolute Gasteiger partial charge is 0.410 e. The molecule has 1 unspecified atom stereocenters. The van der Waals surface area contributed by atoms with Crippen LogP contribution in [0.25, 0.3) is 5.69 Å². The number of carbonyl (C=O) groups is 1. The van der Waals surface area contributed by atoms with Crippen molar-refractivity contribution in [1.29, 1.82) is 0 Å². The zero-order valence-electron chi connectivity index (χ0n) is 16.3. The Morgan fingerprint density at radius 1 is 1.27 bits per heavy atom. The third-order valence-corrected chi connectivity index (χ3v) is 4.64. The minimum atomic E-state index is -0.523. The van der Waals surface area contributed by atoms with Gasteiger partial charge in [0.05, 0.1) is 17.4 Å². The number of aromatic nitrogens is 2. The van der Waals surface area contributed by atoms with Crippen LogP contribution in [0.5, 0.6) is 0 Å². The van der Waals surface area contributed by atoms with Crippen LogP contribution in [0.2, 0.25) is 0 Å². The van der Waals surface area contributed by atoms with E-state index in [9.17, 15) is 9.18 Å². The second kappa shape index (κ2) is 6.41. The van der Waals surface area contributed by atoms with Crippen LogP contribution >= 0.6 is 0 Å². The van der Waals surface area contributed by atoms with Crippen molar-refractivity contribution in [2.75, 3.05) is 6.54 Å². The molecule has 1 atom stereocenters. The number of hydrogen-bond donors (Lipinski definition) is 0. The molecule has 0 fully saturated rings. The molecule has 0 saturated carbocycles. The van der Waals surface area contributed by atoms with Crippen LogP contribution in [-0.4, -0.2) is 32.9 Å². The van der Waals surface area contributed by atoms with E-state index in [1.807, 2.05) is 33.9 Å². The van der Waals surface area contributed by atoms with E-state index in [1.165, 1.54) is 0 Å². The highest BCUT2D eigenvalue weighted by atomic mass is 19.1. The van der Waals surface area contributed by atoms with Gasteiger partial charge in [0.1, 0.15) is 11.4 Å². The third-order valence-electron chi connectivity index (χ3n) is 4.64. The number of amides is 1. The molecule has 1 amide bonds. The van der Waals surface area contributed by atoms with Gasteiger partial charge in [0.2, 0.25) is 0 Å². The van der Waals surface area contributed by atoms with Crippen molar-refractivity contribution in [3.05, 3.63) is 46.5 Å². The first-order valence-electron chi connectivity index (χ1n) is 8.92. The Morgan fingerprint density at radius 2 is 1.88 bits per heavy atom. The molecule has 26 heavy (non-hydrogen) atoms. The number of hydrogen-bond acceptors (Lipinski definition) is 3.